The lowest BCUT2D eigenvalue weighted by molar-refractivity contribution is -0.119. The second-order valence-electron chi connectivity index (χ2n) is 3.06. The molecule has 0 saturated heterocycles. The number of hydrogen-bond donors (Lipinski definition) is 1. The minimum absolute atomic E-state index is 0.271. The van der Waals surface area contributed by atoms with Gasteiger partial charge in [0.15, 0.2) is 5.78 Å². The summed E-state index contributed by atoms with van der Waals surface area (Å²) in [5.41, 5.74) is 6.86. The van der Waals surface area contributed by atoms with Gasteiger partial charge in [-0.2, -0.15) is 0 Å². The summed E-state index contributed by atoms with van der Waals surface area (Å²) in [6.45, 7) is 2.44. The molecule has 0 atom stereocenters. The Bertz CT molecular complexity index is 208. The molecule has 0 aromatic rings. The number of rotatable bonds is 0. The number of carbonyl (C=O) groups excluding carboxylic acids is 1. The molecule has 0 aromatic heterocycles. The van der Waals surface area contributed by atoms with Crippen molar-refractivity contribution >= 4 is 5.78 Å². The minimum Gasteiger partial charge on any atom is -0.385 e. The van der Waals surface area contributed by atoms with Crippen LogP contribution < -0.4 is 5.73 Å². The van der Waals surface area contributed by atoms with Crippen molar-refractivity contribution in [1.29, 1.82) is 0 Å². The van der Waals surface area contributed by atoms with Crippen LogP contribution in [0.15, 0.2) is 11.4 Å². The highest BCUT2D eigenvalue weighted by Crippen LogP contribution is 2.13. The highest BCUT2D eigenvalue weighted by atomic mass is 16.1. The summed E-state index contributed by atoms with van der Waals surface area (Å²) in [4.78, 5) is 12.9. The van der Waals surface area contributed by atoms with Gasteiger partial charge in [-0.15, -0.1) is 0 Å². The first-order valence-electron chi connectivity index (χ1n) is 3.79. The fourth-order valence-electron chi connectivity index (χ4n) is 1.21. The molecule has 0 bridgehead atoms. The minimum atomic E-state index is 0.271. The largest absolute Gasteiger partial charge is 0.385 e. The van der Waals surface area contributed by atoms with E-state index in [9.17, 15) is 4.79 Å². The maximum atomic E-state index is 11.1. The number of ketones is 1. The van der Waals surface area contributed by atoms with Gasteiger partial charge in [0.2, 0.25) is 0 Å². The number of likely N-dealkylation sites (N-methyl/N-ethyl adjacent to an activating group) is 1. The summed E-state index contributed by atoms with van der Waals surface area (Å²) in [6, 6.07) is 0. The van der Waals surface area contributed by atoms with Crippen LogP contribution in [0.3, 0.4) is 0 Å². The van der Waals surface area contributed by atoms with Gasteiger partial charge in [-0.25, -0.2) is 0 Å². The van der Waals surface area contributed by atoms with Crippen molar-refractivity contribution in [3.8, 4) is 0 Å². The van der Waals surface area contributed by atoms with E-state index in [1.54, 1.807) is 0 Å². The molecule has 0 aromatic carbocycles. The molecule has 11 heavy (non-hydrogen) atoms. The predicted octanol–water partition coefficient (Wildman–Crippen LogP) is 0.471. The summed E-state index contributed by atoms with van der Waals surface area (Å²) < 4.78 is 0. The second kappa shape index (κ2) is 2.95. The zero-order valence-corrected chi connectivity index (χ0v) is 7.05. The van der Waals surface area contributed by atoms with Gasteiger partial charge < -0.3 is 10.6 Å². The molecule has 0 unspecified atom stereocenters. The lowest BCUT2D eigenvalue weighted by Crippen LogP contribution is -2.27. The molecule has 0 radical (unpaired) electrons. The number of nitrogens with zero attached hydrogens (tertiary/aromatic N) is 1. The van der Waals surface area contributed by atoms with Gasteiger partial charge in [0.05, 0.1) is 12.4 Å². The normalized spacial score (nSPS) is 20.5. The predicted molar refractivity (Wildman–Crippen MR) is 43.8 cm³/mol. The van der Waals surface area contributed by atoms with Crippen LogP contribution in [0.2, 0.25) is 0 Å². The number of allylic oxidation sites excluding steroid dienone is 1. The van der Waals surface area contributed by atoms with Gasteiger partial charge in [0.1, 0.15) is 0 Å². The number of nitrogens with two attached hydrogens (primary N) is 1. The van der Waals surface area contributed by atoms with Crippen molar-refractivity contribution < 1.29 is 4.79 Å². The molecular weight excluding hydrogens is 140 g/mol. The van der Waals surface area contributed by atoms with Crippen LogP contribution in [0.1, 0.15) is 19.8 Å². The average molecular weight is 154 g/mol. The molecule has 1 rings (SSSR count). The third-order valence-corrected chi connectivity index (χ3v) is 2.04. The first-order valence-corrected chi connectivity index (χ1v) is 3.79. The highest BCUT2D eigenvalue weighted by Gasteiger charge is 2.14. The van der Waals surface area contributed by atoms with Crippen molar-refractivity contribution in [3.05, 3.63) is 11.4 Å². The monoisotopic (exact) mass is 154 g/mol. The van der Waals surface area contributed by atoms with Crippen molar-refractivity contribution in [2.75, 3.05) is 13.6 Å². The second-order valence-corrected chi connectivity index (χ2v) is 3.06. The van der Waals surface area contributed by atoms with Crippen LogP contribution in [0.4, 0.5) is 0 Å². The summed E-state index contributed by atoms with van der Waals surface area (Å²) in [5, 5.41) is 0. The van der Waals surface area contributed by atoms with Crippen LogP contribution in [0.5, 0.6) is 0 Å². The van der Waals surface area contributed by atoms with E-state index in [2.05, 4.69) is 0 Å². The van der Waals surface area contributed by atoms with E-state index in [0.29, 0.717) is 13.0 Å². The molecule has 1 aliphatic heterocycles. The Morgan fingerprint density at radius 3 is 2.73 bits per heavy atom. The number of Topliss-reactive ketones (excluding diaryl/α,β-unsaturated/α-hetero) is 1. The quantitative estimate of drug-likeness (QED) is 0.551. The van der Waals surface area contributed by atoms with E-state index in [-0.39, 0.29) is 5.78 Å². The van der Waals surface area contributed by atoms with E-state index in [1.165, 1.54) is 0 Å². The fourth-order valence-corrected chi connectivity index (χ4v) is 1.21. The fraction of sp³-hybridized carbons (Fsp3) is 0.625. The van der Waals surface area contributed by atoms with Crippen LogP contribution in [-0.2, 0) is 4.79 Å². The molecule has 1 heterocycles. The maximum Gasteiger partial charge on any atom is 0.152 e. The molecule has 0 saturated carbocycles. The lowest BCUT2D eigenvalue weighted by Gasteiger charge is -2.17. The molecular formula is C8H14N2O. The van der Waals surface area contributed by atoms with Gasteiger partial charge in [-0.3, -0.25) is 4.79 Å². The molecule has 3 nitrogen and oxygen atoms in total. The Labute approximate surface area is 66.9 Å². The summed E-state index contributed by atoms with van der Waals surface area (Å²) in [7, 11) is 1.85. The first-order chi connectivity index (χ1) is 5.11. The van der Waals surface area contributed by atoms with Gasteiger partial charge in [-0.1, -0.05) is 0 Å². The molecule has 62 valence electrons. The molecule has 0 spiro atoms. The standard InChI is InChI=1S/C8H14N2O/c1-6-3-4-7(11)5-10(2)8(6)9/h3-5,9H2,1-2H3. The maximum absolute atomic E-state index is 11.1. The number of carbonyl (C=O) groups is 1. The average Bonchev–Trinajstić information content (AvgIpc) is 2.05. The van der Waals surface area contributed by atoms with Crippen molar-refractivity contribution in [2.45, 2.75) is 19.8 Å². The van der Waals surface area contributed by atoms with Crippen molar-refractivity contribution in [3.63, 3.8) is 0 Å². The van der Waals surface area contributed by atoms with Gasteiger partial charge in [0.25, 0.3) is 0 Å². The summed E-state index contributed by atoms with van der Waals surface area (Å²) >= 11 is 0. The van der Waals surface area contributed by atoms with E-state index >= 15 is 0 Å². The lowest BCUT2D eigenvalue weighted by atomic mass is 10.1. The van der Waals surface area contributed by atoms with E-state index in [1.807, 2.05) is 18.9 Å². The van der Waals surface area contributed by atoms with Crippen LogP contribution in [0, 0.1) is 0 Å². The number of hydrogen-bond acceptors (Lipinski definition) is 3. The third kappa shape index (κ3) is 1.73. The van der Waals surface area contributed by atoms with Crippen LogP contribution in [0.25, 0.3) is 0 Å². The topological polar surface area (TPSA) is 46.3 Å². The van der Waals surface area contributed by atoms with E-state index in [0.717, 1.165) is 17.8 Å². The van der Waals surface area contributed by atoms with Crippen LogP contribution in [-0.4, -0.2) is 24.3 Å². The van der Waals surface area contributed by atoms with Gasteiger partial charge in [0, 0.05) is 13.5 Å². The molecule has 1 aliphatic rings. The Hall–Kier alpha value is -0.990. The van der Waals surface area contributed by atoms with Gasteiger partial charge >= 0.3 is 0 Å². The van der Waals surface area contributed by atoms with Gasteiger partial charge in [-0.05, 0) is 18.9 Å². The molecule has 0 fully saturated rings. The first kappa shape index (κ1) is 8.11. The zero-order chi connectivity index (χ0) is 8.43. The Balaban J connectivity index is 2.79. The highest BCUT2D eigenvalue weighted by molar-refractivity contribution is 5.81. The SMILES string of the molecule is CC1=C(N)N(C)CC(=O)CC1. The van der Waals surface area contributed by atoms with E-state index < -0.39 is 0 Å². The van der Waals surface area contributed by atoms with E-state index in [4.69, 9.17) is 5.73 Å². The Morgan fingerprint density at radius 2 is 2.09 bits per heavy atom. The molecule has 0 aliphatic carbocycles. The smallest absolute Gasteiger partial charge is 0.152 e. The zero-order valence-electron chi connectivity index (χ0n) is 7.05. The Kier molecular flexibility index (Phi) is 2.17. The molecule has 0 amide bonds. The van der Waals surface area contributed by atoms with Crippen molar-refractivity contribution in [2.24, 2.45) is 5.73 Å². The third-order valence-electron chi connectivity index (χ3n) is 2.04. The Morgan fingerprint density at radius 1 is 1.45 bits per heavy atom. The van der Waals surface area contributed by atoms with Crippen molar-refractivity contribution in [1.82, 2.24) is 4.90 Å². The van der Waals surface area contributed by atoms with Crippen LogP contribution >= 0.6 is 0 Å². The summed E-state index contributed by atoms with van der Waals surface area (Å²) in [5.74, 6) is 1.03. The summed E-state index contributed by atoms with van der Waals surface area (Å²) in [6.07, 6.45) is 1.45. The molecule has 2 N–H and O–H groups in total. The molecule has 3 heteroatoms.